The van der Waals surface area contributed by atoms with Crippen LogP contribution < -0.4 is 10.1 Å². The van der Waals surface area contributed by atoms with Gasteiger partial charge in [-0.1, -0.05) is 11.6 Å². The number of carbonyl (C=O) groups is 2. The number of pyridine rings is 1. The van der Waals surface area contributed by atoms with E-state index in [0.29, 0.717) is 28.6 Å². The molecule has 1 saturated heterocycles. The molecule has 0 saturated carbocycles. The van der Waals surface area contributed by atoms with Gasteiger partial charge >= 0.3 is 0 Å². The number of rotatable bonds is 4. The molecular formula is C23H23N3O3S. The number of anilines is 1. The molecule has 4 rings (SSSR count). The first-order chi connectivity index (χ1) is 14.5. The van der Waals surface area contributed by atoms with Gasteiger partial charge in [-0.2, -0.15) is 0 Å². The summed E-state index contributed by atoms with van der Waals surface area (Å²) in [4.78, 5) is 32.4. The van der Waals surface area contributed by atoms with Crippen molar-refractivity contribution in [2.24, 2.45) is 0 Å². The number of methoxy groups -OCH3 is 1. The number of carbonyl (C=O) groups excluding carboxylic acids is 2. The molecule has 0 bridgehead atoms. The van der Waals surface area contributed by atoms with E-state index in [-0.39, 0.29) is 11.8 Å². The van der Waals surface area contributed by atoms with Gasteiger partial charge in [0, 0.05) is 16.8 Å². The summed E-state index contributed by atoms with van der Waals surface area (Å²) in [5, 5.41) is 3.83. The second kappa shape index (κ2) is 8.36. The molecular weight excluding hydrogens is 398 g/mol. The van der Waals surface area contributed by atoms with Gasteiger partial charge in [-0.25, -0.2) is 0 Å². The fourth-order valence-corrected chi connectivity index (χ4v) is 4.68. The molecule has 1 N–H and O–H groups in total. The molecule has 3 aromatic rings. The van der Waals surface area contributed by atoms with Crippen molar-refractivity contribution in [1.82, 2.24) is 9.88 Å². The Hall–Kier alpha value is -3.06. The van der Waals surface area contributed by atoms with Gasteiger partial charge in [0.25, 0.3) is 5.91 Å². The number of ether oxygens (including phenoxy) is 1. The smallest absolute Gasteiger partial charge is 0.257 e. The number of aryl methyl sites for hydroxylation is 2. The van der Waals surface area contributed by atoms with Crippen molar-refractivity contribution in [3.8, 4) is 5.75 Å². The molecule has 1 fully saturated rings. The number of amides is 2. The highest BCUT2D eigenvalue weighted by molar-refractivity contribution is 7.99. The van der Waals surface area contributed by atoms with Gasteiger partial charge < -0.3 is 15.0 Å². The lowest BCUT2D eigenvalue weighted by atomic mass is 10.1. The monoisotopic (exact) mass is 421 g/mol. The van der Waals surface area contributed by atoms with E-state index in [1.807, 2.05) is 38.1 Å². The first-order valence-corrected chi connectivity index (χ1v) is 10.8. The first-order valence-electron chi connectivity index (χ1n) is 9.68. The Kier molecular flexibility index (Phi) is 5.63. The highest BCUT2D eigenvalue weighted by atomic mass is 32.2. The molecule has 0 aliphatic carbocycles. The van der Waals surface area contributed by atoms with E-state index in [4.69, 9.17) is 4.74 Å². The average molecular weight is 422 g/mol. The van der Waals surface area contributed by atoms with E-state index >= 15 is 0 Å². The second-order valence-electron chi connectivity index (χ2n) is 7.33. The van der Waals surface area contributed by atoms with Gasteiger partial charge in [0.05, 0.1) is 29.8 Å². The minimum Gasteiger partial charge on any atom is -0.497 e. The SMILES string of the molecule is COc1ccc(NC(=O)C2CSCN2C(=O)c2cc3cc(C)ccc3nc2C)cc1. The van der Waals surface area contributed by atoms with Gasteiger partial charge in [-0.05, 0) is 56.3 Å². The zero-order valence-electron chi connectivity index (χ0n) is 17.1. The van der Waals surface area contributed by atoms with Crippen LogP contribution in [0.25, 0.3) is 10.9 Å². The van der Waals surface area contributed by atoms with Crippen LogP contribution in [0.1, 0.15) is 21.6 Å². The molecule has 0 spiro atoms. The molecule has 1 unspecified atom stereocenters. The van der Waals surface area contributed by atoms with Crippen LogP contribution in [0.15, 0.2) is 48.5 Å². The molecule has 7 heteroatoms. The maximum Gasteiger partial charge on any atom is 0.257 e. The minimum absolute atomic E-state index is 0.164. The number of nitrogens with one attached hydrogen (secondary N) is 1. The fourth-order valence-electron chi connectivity index (χ4n) is 3.52. The topological polar surface area (TPSA) is 71.5 Å². The Labute approximate surface area is 179 Å². The maximum atomic E-state index is 13.3. The van der Waals surface area contributed by atoms with Crippen molar-refractivity contribution in [2.45, 2.75) is 19.9 Å². The molecule has 154 valence electrons. The molecule has 30 heavy (non-hydrogen) atoms. The third-order valence-corrected chi connectivity index (χ3v) is 6.21. The van der Waals surface area contributed by atoms with Gasteiger partial charge in [0.1, 0.15) is 11.8 Å². The van der Waals surface area contributed by atoms with E-state index in [0.717, 1.165) is 22.2 Å². The van der Waals surface area contributed by atoms with E-state index in [2.05, 4.69) is 10.3 Å². The van der Waals surface area contributed by atoms with E-state index in [1.165, 1.54) is 0 Å². The molecule has 2 aromatic carbocycles. The quantitative estimate of drug-likeness (QED) is 0.689. The predicted octanol–water partition coefficient (Wildman–Crippen LogP) is 4.01. The third kappa shape index (κ3) is 3.98. The van der Waals surface area contributed by atoms with Crippen LogP contribution in [0.2, 0.25) is 0 Å². The number of fused-ring (bicyclic) bond motifs is 1. The summed E-state index contributed by atoms with van der Waals surface area (Å²) in [5.74, 6) is 1.40. The Bertz CT molecular complexity index is 1110. The van der Waals surface area contributed by atoms with Gasteiger partial charge in [-0.15, -0.1) is 11.8 Å². The summed E-state index contributed by atoms with van der Waals surface area (Å²) in [6, 6.07) is 14.5. The number of hydrogen-bond acceptors (Lipinski definition) is 5. The molecule has 1 atom stereocenters. The lowest BCUT2D eigenvalue weighted by Gasteiger charge is -2.24. The summed E-state index contributed by atoms with van der Waals surface area (Å²) in [6.45, 7) is 3.85. The lowest BCUT2D eigenvalue weighted by Crippen LogP contribution is -2.44. The maximum absolute atomic E-state index is 13.3. The van der Waals surface area contributed by atoms with Crippen molar-refractivity contribution in [2.75, 3.05) is 24.1 Å². The van der Waals surface area contributed by atoms with E-state index in [9.17, 15) is 9.59 Å². The highest BCUT2D eigenvalue weighted by Crippen LogP contribution is 2.27. The van der Waals surface area contributed by atoms with Gasteiger partial charge in [-0.3, -0.25) is 14.6 Å². The van der Waals surface area contributed by atoms with E-state index < -0.39 is 6.04 Å². The van der Waals surface area contributed by atoms with Crippen LogP contribution in [0.4, 0.5) is 5.69 Å². The zero-order valence-corrected chi connectivity index (χ0v) is 18.0. The largest absolute Gasteiger partial charge is 0.497 e. The number of nitrogens with zero attached hydrogens (tertiary/aromatic N) is 2. The van der Waals surface area contributed by atoms with Crippen LogP contribution in [0.5, 0.6) is 5.75 Å². The fraction of sp³-hybridized carbons (Fsp3) is 0.261. The average Bonchev–Trinajstić information content (AvgIpc) is 3.24. The summed E-state index contributed by atoms with van der Waals surface area (Å²) in [5.41, 5.74) is 3.85. The Morgan fingerprint density at radius 2 is 1.90 bits per heavy atom. The molecule has 6 nitrogen and oxygen atoms in total. The molecule has 1 aliphatic heterocycles. The van der Waals surface area contributed by atoms with E-state index in [1.54, 1.807) is 48.0 Å². The third-order valence-electron chi connectivity index (χ3n) is 5.19. The van der Waals surface area contributed by atoms with Crippen LogP contribution in [0.3, 0.4) is 0 Å². The highest BCUT2D eigenvalue weighted by Gasteiger charge is 2.36. The normalized spacial score (nSPS) is 16.0. The van der Waals surface area contributed by atoms with Crippen LogP contribution in [-0.2, 0) is 4.79 Å². The van der Waals surface area contributed by atoms with Crippen molar-refractivity contribution in [3.05, 3.63) is 65.4 Å². The first kappa shape index (κ1) is 20.2. The summed E-state index contributed by atoms with van der Waals surface area (Å²) in [6.07, 6.45) is 0. The van der Waals surface area contributed by atoms with Crippen LogP contribution in [0, 0.1) is 13.8 Å². The van der Waals surface area contributed by atoms with Crippen molar-refractivity contribution >= 4 is 40.2 Å². The molecule has 2 heterocycles. The Balaban J connectivity index is 1.56. The molecule has 1 aliphatic rings. The van der Waals surface area contributed by atoms with Gasteiger partial charge in [0.15, 0.2) is 0 Å². The second-order valence-corrected chi connectivity index (χ2v) is 8.33. The predicted molar refractivity (Wildman–Crippen MR) is 120 cm³/mol. The standard InChI is InChI=1S/C23H23N3O3S/c1-14-4-9-20-16(10-14)11-19(15(2)24-20)23(28)26-13-30-12-21(26)22(27)25-17-5-7-18(29-3)8-6-17/h4-11,21H,12-13H2,1-3H3,(H,25,27). The molecule has 0 radical (unpaired) electrons. The van der Waals surface area contributed by atoms with Crippen LogP contribution >= 0.6 is 11.8 Å². The Morgan fingerprint density at radius 3 is 2.63 bits per heavy atom. The number of aromatic nitrogens is 1. The zero-order chi connectivity index (χ0) is 21.3. The number of thioether (sulfide) groups is 1. The number of benzene rings is 2. The van der Waals surface area contributed by atoms with Crippen molar-refractivity contribution in [3.63, 3.8) is 0 Å². The lowest BCUT2D eigenvalue weighted by molar-refractivity contribution is -0.119. The summed E-state index contributed by atoms with van der Waals surface area (Å²) >= 11 is 1.57. The van der Waals surface area contributed by atoms with Crippen LogP contribution in [-0.4, -0.2) is 46.5 Å². The van der Waals surface area contributed by atoms with Crippen molar-refractivity contribution in [1.29, 1.82) is 0 Å². The minimum atomic E-state index is -0.530. The van der Waals surface area contributed by atoms with Gasteiger partial charge in [0.2, 0.25) is 5.91 Å². The summed E-state index contributed by atoms with van der Waals surface area (Å²) in [7, 11) is 1.60. The Morgan fingerprint density at radius 1 is 1.13 bits per heavy atom. The summed E-state index contributed by atoms with van der Waals surface area (Å²) < 4.78 is 5.15. The molecule has 2 amide bonds. The molecule has 1 aromatic heterocycles. The van der Waals surface area contributed by atoms with Crippen molar-refractivity contribution < 1.29 is 14.3 Å². The number of hydrogen-bond donors (Lipinski definition) is 1.